The third-order valence-electron chi connectivity index (χ3n) is 4.07. The highest BCUT2D eigenvalue weighted by atomic mass is 32.2. The first-order valence-electron chi connectivity index (χ1n) is 7.67. The number of nitrogens with one attached hydrogen (secondary N) is 1. The number of amides is 2. The molecule has 0 bridgehead atoms. The molecule has 1 N–H and O–H groups in total. The molecule has 1 aromatic rings. The van der Waals surface area contributed by atoms with Crippen molar-refractivity contribution < 1.29 is 27.5 Å². The van der Waals surface area contributed by atoms with Crippen LogP contribution in [0.4, 0.5) is 5.69 Å². The van der Waals surface area contributed by atoms with Gasteiger partial charge in [-0.25, -0.2) is 13.2 Å². The molecule has 2 amide bonds. The lowest BCUT2D eigenvalue weighted by Crippen LogP contribution is -2.39. The van der Waals surface area contributed by atoms with E-state index in [9.17, 15) is 22.8 Å². The Morgan fingerprint density at radius 3 is 2.56 bits per heavy atom. The van der Waals surface area contributed by atoms with E-state index in [1.54, 1.807) is 12.1 Å². The maximum Gasteiger partial charge on any atom is 0.339 e. The molecule has 0 radical (unpaired) electrons. The summed E-state index contributed by atoms with van der Waals surface area (Å²) in [5, 5.41) is 2.51. The number of ether oxygens (including phenoxy) is 1. The second-order valence-corrected chi connectivity index (χ2v) is 8.05. The van der Waals surface area contributed by atoms with Gasteiger partial charge in [-0.3, -0.25) is 9.59 Å². The van der Waals surface area contributed by atoms with E-state index in [4.69, 9.17) is 0 Å². The molecule has 8 nitrogen and oxygen atoms in total. The van der Waals surface area contributed by atoms with Crippen molar-refractivity contribution >= 4 is 33.3 Å². The second kappa shape index (κ2) is 7.64. The number of hydrogen-bond donors (Lipinski definition) is 1. The molecular formula is C16H20N2O6S. The molecule has 1 heterocycles. The smallest absolute Gasteiger partial charge is 0.339 e. The van der Waals surface area contributed by atoms with Crippen molar-refractivity contribution in [2.45, 2.75) is 18.9 Å². The van der Waals surface area contributed by atoms with Crippen molar-refractivity contribution in [1.82, 2.24) is 4.90 Å². The Bertz CT molecular complexity index is 790. The van der Waals surface area contributed by atoms with Gasteiger partial charge in [-0.1, -0.05) is 12.1 Å². The third-order valence-corrected chi connectivity index (χ3v) is 5.82. The molecule has 1 aliphatic heterocycles. The van der Waals surface area contributed by atoms with Crippen LogP contribution in [-0.2, 0) is 24.2 Å². The normalized spacial score (nSPS) is 18.4. The number of anilines is 1. The molecule has 25 heavy (non-hydrogen) atoms. The minimum Gasteiger partial charge on any atom is -0.465 e. The Morgan fingerprint density at radius 1 is 1.28 bits per heavy atom. The van der Waals surface area contributed by atoms with E-state index in [-0.39, 0.29) is 22.8 Å². The molecule has 1 fully saturated rings. The van der Waals surface area contributed by atoms with E-state index in [0.717, 1.165) is 0 Å². The Labute approximate surface area is 146 Å². The van der Waals surface area contributed by atoms with Crippen molar-refractivity contribution in [2.24, 2.45) is 0 Å². The average molecular weight is 368 g/mol. The summed E-state index contributed by atoms with van der Waals surface area (Å²) in [6, 6.07) is 5.88. The summed E-state index contributed by atoms with van der Waals surface area (Å²) in [6.07, 6.45) is -0.0695. The molecule has 0 aromatic heterocycles. The van der Waals surface area contributed by atoms with Crippen LogP contribution in [0.2, 0.25) is 0 Å². The van der Waals surface area contributed by atoms with E-state index < -0.39 is 40.1 Å². The first kappa shape index (κ1) is 18.9. The predicted octanol–water partition coefficient (Wildman–Crippen LogP) is 0.447. The average Bonchev–Trinajstić information content (AvgIpc) is 2.93. The number of esters is 1. The lowest BCUT2D eigenvalue weighted by molar-refractivity contribution is -0.134. The Hall–Kier alpha value is -2.42. The highest BCUT2D eigenvalue weighted by Crippen LogP contribution is 2.18. The molecule has 1 atom stereocenters. The summed E-state index contributed by atoms with van der Waals surface area (Å²) in [6.45, 7) is 0. The van der Waals surface area contributed by atoms with Crippen molar-refractivity contribution in [3.8, 4) is 0 Å². The third kappa shape index (κ3) is 4.79. The van der Waals surface area contributed by atoms with Gasteiger partial charge in [0.15, 0.2) is 9.84 Å². The van der Waals surface area contributed by atoms with Crippen LogP contribution in [0.5, 0.6) is 0 Å². The van der Waals surface area contributed by atoms with Gasteiger partial charge in [0, 0.05) is 13.1 Å². The maximum atomic E-state index is 12.2. The summed E-state index contributed by atoms with van der Waals surface area (Å²) in [5.41, 5.74) is 0.430. The number of methoxy groups -OCH3 is 1. The SMILES string of the molecule is COC(=O)c1ccccc1NC(=O)CC(=O)N(C)C1CCS(=O)(=O)C1. The first-order valence-corrected chi connectivity index (χ1v) is 9.49. The number of para-hydroxylation sites is 1. The fourth-order valence-corrected chi connectivity index (χ4v) is 4.40. The number of sulfone groups is 1. The van der Waals surface area contributed by atoms with Gasteiger partial charge in [-0.2, -0.15) is 0 Å². The minimum atomic E-state index is -3.11. The number of rotatable bonds is 5. The van der Waals surface area contributed by atoms with Crippen LogP contribution in [0, 0.1) is 0 Å². The van der Waals surface area contributed by atoms with Crippen LogP contribution in [0.1, 0.15) is 23.2 Å². The molecule has 9 heteroatoms. The molecule has 1 unspecified atom stereocenters. The summed E-state index contributed by atoms with van der Waals surface area (Å²) in [5.74, 6) is -1.70. The largest absolute Gasteiger partial charge is 0.465 e. The zero-order chi connectivity index (χ0) is 18.6. The van der Waals surface area contributed by atoms with E-state index in [1.807, 2.05) is 0 Å². The number of carbonyl (C=O) groups excluding carboxylic acids is 3. The van der Waals surface area contributed by atoms with Gasteiger partial charge in [0.1, 0.15) is 6.42 Å². The highest BCUT2D eigenvalue weighted by molar-refractivity contribution is 7.91. The zero-order valence-electron chi connectivity index (χ0n) is 14.0. The standard InChI is InChI=1S/C16H20N2O6S/c1-18(11-7-8-25(22,23)10-11)15(20)9-14(19)17-13-6-4-3-5-12(13)16(21)24-2/h3-6,11H,7-10H2,1-2H3,(H,17,19). The number of carbonyl (C=O) groups is 3. The summed E-state index contributed by atoms with van der Waals surface area (Å²) in [7, 11) is -0.394. The second-order valence-electron chi connectivity index (χ2n) is 5.82. The van der Waals surface area contributed by atoms with Crippen LogP contribution in [0.25, 0.3) is 0 Å². The van der Waals surface area contributed by atoms with Crippen molar-refractivity contribution in [3.05, 3.63) is 29.8 Å². The zero-order valence-corrected chi connectivity index (χ0v) is 14.8. The lowest BCUT2D eigenvalue weighted by atomic mass is 10.1. The maximum absolute atomic E-state index is 12.2. The fourth-order valence-electron chi connectivity index (χ4n) is 2.62. The number of benzene rings is 1. The lowest BCUT2D eigenvalue weighted by Gasteiger charge is -2.23. The van der Waals surface area contributed by atoms with Gasteiger partial charge in [-0.05, 0) is 18.6 Å². The van der Waals surface area contributed by atoms with Crippen molar-refractivity contribution in [2.75, 3.05) is 31.0 Å². The van der Waals surface area contributed by atoms with E-state index in [1.165, 1.54) is 31.2 Å². The predicted molar refractivity (Wildman–Crippen MR) is 90.9 cm³/mol. The molecule has 1 aliphatic rings. The Kier molecular flexibility index (Phi) is 5.78. The highest BCUT2D eigenvalue weighted by Gasteiger charge is 2.33. The van der Waals surface area contributed by atoms with E-state index in [0.29, 0.717) is 6.42 Å². The van der Waals surface area contributed by atoms with Gasteiger partial charge < -0.3 is 15.0 Å². The molecule has 0 saturated carbocycles. The molecule has 0 spiro atoms. The van der Waals surface area contributed by atoms with Crippen LogP contribution >= 0.6 is 0 Å². The summed E-state index contributed by atoms with van der Waals surface area (Å²) < 4.78 is 27.6. The summed E-state index contributed by atoms with van der Waals surface area (Å²) >= 11 is 0. The van der Waals surface area contributed by atoms with Gasteiger partial charge in [-0.15, -0.1) is 0 Å². The Morgan fingerprint density at radius 2 is 1.96 bits per heavy atom. The van der Waals surface area contributed by atoms with Gasteiger partial charge in [0.2, 0.25) is 11.8 Å². The number of hydrogen-bond acceptors (Lipinski definition) is 6. The topological polar surface area (TPSA) is 110 Å². The Balaban J connectivity index is 1.99. The van der Waals surface area contributed by atoms with Crippen LogP contribution in [0.3, 0.4) is 0 Å². The van der Waals surface area contributed by atoms with Gasteiger partial charge in [0.25, 0.3) is 0 Å². The van der Waals surface area contributed by atoms with Crippen molar-refractivity contribution in [3.63, 3.8) is 0 Å². The van der Waals surface area contributed by atoms with E-state index >= 15 is 0 Å². The molecular weight excluding hydrogens is 348 g/mol. The molecule has 1 aromatic carbocycles. The quantitative estimate of drug-likeness (QED) is 0.597. The minimum absolute atomic E-state index is 0.0496. The van der Waals surface area contributed by atoms with Crippen LogP contribution in [0.15, 0.2) is 24.3 Å². The molecule has 0 aliphatic carbocycles. The molecule has 2 rings (SSSR count). The van der Waals surface area contributed by atoms with Crippen LogP contribution < -0.4 is 5.32 Å². The first-order chi connectivity index (χ1) is 11.7. The van der Waals surface area contributed by atoms with Gasteiger partial charge in [0.05, 0.1) is 29.9 Å². The van der Waals surface area contributed by atoms with Gasteiger partial charge >= 0.3 is 5.97 Å². The van der Waals surface area contributed by atoms with Crippen LogP contribution in [-0.4, -0.2) is 62.8 Å². The number of nitrogens with zero attached hydrogens (tertiary/aromatic N) is 1. The van der Waals surface area contributed by atoms with E-state index in [2.05, 4.69) is 10.1 Å². The molecule has 1 saturated heterocycles. The summed E-state index contributed by atoms with van der Waals surface area (Å²) in [4.78, 5) is 37.3. The van der Waals surface area contributed by atoms with Crippen molar-refractivity contribution in [1.29, 1.82) is 0 Å². The molecule has 136 valence electrons. The monoisotopic (exact) mass is 368 g/mol. The fraction of sp³-hybridized carbons (Fsp3) is 0.438.